The van der Waals surface area contributed by atoms with Gasteiger partial charge in [-0.05, 0) is 39.5 Å². The average Bonchev–Trinajstić information content (AvgIpc) is 2.81. The Balaban J connectivity index is 2.29. The van der Waals surface area contributed by atoms with E-state index in [-0.39, 0.29) is 10.9 Å². The number of carbonyl (C=O) groups is 1. The maximum absolute atomic E-state index is 13.1. The molecule has 3 nitrogen and oxygen atoms in total. The summed E-state index contributed by atoms with van der Waals surface area (Å²) in [6.45, 7) is 0. The molecule has 7 heteroatoms. The zero-order chi connectivity index (χ0) is 14.0. The van der Waals surface area contributed by atoms with Crippen LogP contribution in [0.2, 0.25) is 5.02 Å². The summed E-state index contributed by atoms with van der Waals surface area (Å²) in [5.74, 6) is -0.360. The maximum atomic E-state index is 13.1. The molecule has 0 fully saturated rings. The number of ether oxygens (including phenoxy) is 1. The molecule has 19 heavy (non-hydrogen) atoms. The van der Waals surface area contributed by atoms with Gasteiger partial charge in [0, 0.05) is 4.47 Å². The van der Waals surface area contributed by atoms with Gasteiger partial charge in [0.05, 0.1) is 17.8 Å². The van der Waals surface area contributed by atoms with E-state index in [0.29, 0.717) is 20.8 Å². The third-order valence-corrected chi connectivity index (χ3v) is 4.12. The summed E-state index contributed by atoms with van der Waals surface area (Å²) in [7, 11) is 1.49. The summed E-state index contributed by atoms with van der Waals surface area (Å²) < 4.78 is 18.5. The topological polar surface area (TPSA) is 38.3 Å². The van der Waals surface area contributed by atoms with Crippen LogP contribution in [0.25, 0.3) is 0 Å². The van der Waals surface area contributed by atoms with Gasteiger partial charge in [0.25, 0.3) is 5.91 Å². The second-order valence-electron chi connectivity index (χ2n) is 3.52. The van der Waals surface area contributed by atoms with E-state index in [1.165, 1.54) is 24.5 Å². The van der Waals surface area contributed by atoms with Crippen LogP contribution >= 0.6 is 38.9 Å². The minimum atomic E-state index is -0.483. The van der Waals surface area contributed by atoms with E-state index in [9.17, 15) is 9.18 Å². The summed E-state index contributed by atoms with van der Waals surface area (Å²) in [4.78, 5) is 12.5. The first-order valence-electron chi connectivity index (χ1n) is 5.10. The maximum Gasteiger partial charge on any atom is 0.269 e. The molecule has 0 unspecified atom stereocenters. The summed E-state index contributed by atoms with van der Waals surface area (Å²) in [6.07, 6.45) is 0. The molecular formula is C12H8BrClFNO2S. The number of carbonyl (C=O) groups excluding carboxylic acids is 1. The average molecular weight is 365 g/mol. The van der Waals surface area contributed by atoms with Gasteiger partial charge in [-0.1, -0.05) is 11.6 Å². The van der Waals surface area contributed by atoms with Crippen LogP contribution in [0.3, 0.4) is 0 Å². The Morgan fingerprint density at radius 1 is 1.53 bits per heavy atom. The largest absolute Gasteiger partial charge is 0.495 e. The van der Waals surface area contributed by atoms with E-state index in [4.69, 9.17) is 16.3 Å². The van der Waals surface area contributed by atoms with Gasteiger partial charge in [0.1, 0.15) is 16.4 Å². The molecular weight excluding hydrogens is 357 g/mol. The molecule has 0 bridgehead atoms. The third kappa shape index (κ3) is 3.08. The normalized spacial score (nSPS) is 10.3. The van der Waals surface area contributed by atoms with Gasteiger partial charge < -0.3 is 10.1 Å². The third-order valence-electron chi connectivity index (χ3n) is 2.30. The quantitative estimate of drug-likeness (QED) is 0.867. The molecule has 1 N–H and O–H groups in total. The van der Waals surface area contributed by atoms with Crippen LogP contribution in [0.4, 0.5) is 10.1 Å². The van der Waals surface area contributed by atoms with Crippen molar-refractivity contribution >= 4 is 50.5 Å². The smallest absolute Gasteiger partial charge is 0.269 e. The van der Waals surface area contributed by atoms with Crippen LogP contribution in [-0.2, 0) is 0 Å². The molecule has 0 spiro atoms. The molecule has 2 aromatic rings. The first-order valence-corrected chi connectivity index (χ1v) is 7.15. The molecule has 0 aliphatic rings. The zero-order valence-electron chi connectivity index (χ0n) is 9.67. The number of methoxy groups -OCH3 is 1. The van der Waals surface area contributed by atoms with E-state index in [0.717, 1.165) is 6.07 Å². The van der Waals surface area contributed by atoms with Gasteiger partial charge in [0.2, 0.25) is 0 Å². The molecule has 0 atom stereocenters. The van der Waals surface area contributed by atoms with Crippen LogP contribution in [-0.4, -0.2) is 13.0 Å². The summed E-state index contributed by atoms with van der Waals surface area (Å²) >= 11 is 10.3. The fourth-order valence-electron chi connectivity index (χ4n) is 1.46. The summed E-state index contributed by atoms with van der Waals surface area (Å²) in [6, 6.07) is 4.06. The molecule has 0 saturated carbocycles. The molecule has 0 aliphatic carbocycles. The van der Waals surface area contributed by atoms with Crippen LogP contribution in [0.5, 0.6) is 5.75 Å². The standard InChI is InChI=1S/C12H8BrClFNO2S/c1-18-9-2-3-19-11(9)12(17)16-10-7(13)4-6(15)5-8(10)14/h2-5H,1H3,(H,16,17). The van der Waals surface area contributed by atoms with E-state index in [1.807, 2.05) is 0 Å². The minimum Gasteiger partial charge on any atom is -0.495 e. The Morgan fingerprint density at radius 3 is 2.89 bits per heavy atom. The Kier molecular flexibility index (Phi) is 4.44. The van der Waals surface area contributed by atoms with Gasteiger partial charge in [0.15, 0.2) is 0 Å². The number of hydrogen-bond acceptors (Lipinski definition) is 3. The van der Waals surface area contributed by atoms with Gasteiger partial charge in [-0.15, -0.1) is 11.3 Å². The summed E-state index contributed by atoms with van der Waals surface area (Å²) in [5, 5.41) is 4.49. The lowest BCUT2D eigenvalue weighted by Gasteiger charge is -2.09. The van der Waals surface area contributed by atoms with Gasteiger partial charge in [-0.25, -0.2) is 4.39 Å². The highest BCUT2D eigenvalue weighted by atomic mass is 79.9. The van der Waals surface area contributed by atoms with Crippen LogP contribution in [0.15, 0.2) is 28.1 Å². The molecule has 1 heterocycles. The minimum absolute atomic E-state index is 0.121. The number of benzene rings is 1. The Bertz CT molecular complexity index is 609. The van der Waals surface area contributed by atoms with Crippen molar-refractivity contribution in [2.75, 3.05) is 12.4 Å². The molecule has 0 aliphatic heterocycles. The molecule has 1 aromatic carbocycles. The van der Waals surface area contributed by atoms with Crippen molar-refractivity contribution in [1.29, 1.82) is 0 Å². The fraction of sp³-hybridized carbons (Fsp3) is 0.0833. The van der Waals surface area contributed by atoms with Crippen molar-refractivity contribution < 1.29 is 13.9 Å². The SMILES string of the molecule is COc1ccsc1C(=O)Nc1c(Cl)cc(F)cc1Br. The van der Waals surface area contributed by atoms with Crippen molar-refractivity contribution in [1.82, 2.24) is 0 Å². The predicted octanol–water partition coefficient (Wildman–Crippen LogP) is 4.56. The van der Waals surface area contributed by atoms with E-state index in [1.54, 1.807) is 11.4 Å². The Morgan fingerprint density at radius 2 is 2.26 bits per heavy atom. The first kappa shape index (κ1) is 14.3. The van der Waals surface area contributed by atoms with Crippen molar-refractivity contribution in [3.05, 3.63) is 43.8 Å². The van der Waals surface area contributed by atoms with Crippen molar-refractivity contribution in [3.8, 4) is 5.75 Å². The second-order valence-corrected chi connectivity index (χ2v) is 5.69. The van der Waals surface area contributed by atoms with Crippen molar-refractivity contribution in [2.24, 2.45) is 0 Å². The van der Waals surface area contributed by atoms with Crippen molar-refractivity contribution in [2.45, 2.75) is 0 Å². The highest BCUT2D eigenvalue weighted by Gasteiger charge is 2.17. The molecule has 100 valence electrons. The lowest BCUT2D eigenvalue weighted by Crippen LogP contribution is -2.12. The molecule has 0 saturated heterocycles. The van der Waals surface area contributed by atoms with Crippen molar-refractivity contribution in [3.63, 3.8) is 0 Å². The fourth-order valence-corrected chi connectivity index (χ4v) is 3.11. The highest BCUT2D eigenvalue weighted by Crippen LogP contribution is 2.33. The molecule has 1 aromatic heterocycles. The highest BCUT2D eigenvalue weighted by molar-refractivity contribution is 9.10. The van der Waals surface area contributed by atoms with E-state index in [2.05, 4.69) is 21.2 Å². The second kappa shape index (κ2) is 5.90. The lowest BCUT2D eigenvalue weighted by atomic mass is 10.3. The number of nitrogens with one attached hydrogen (secondary N) is 1. The van der Waals surface area contributed by atoms with Gasteiger partial charge in [-0.3, -0.25) is 4.79 Å². The summed E-state index contributed by atoms with van der Waals surface area (Å²) in [5.41, 5.74) is 0.323. The van der Waals surface area contributed by atoms with Crippen LogP contribution < -0.4 is 10.1 Å². The number of hydrogen-bond donors (Lipinski definition) is 1. The Labute approximate surface area is 126 Å². The molecule has 2 rings (SSSR count). The Hall–Kier alpha value is -1.11. The number of amides is 1. The van der Waals surface area contributed by atoms with Crippen LogP contribution in [0.1, 0.15) is 9.67 Å². The van der Waals surface area contributed by atoms with Gasteiger partial charge in [-0.2, -0.15) is 0 Å². The van der Waals surface area contributed by atoms with Gasteiger partial charge >= 0.3 is 0 Å². The monoisotopic (exact) mass is 363 g/mol. The zero-order valence-corrected chi connectivity index (χ0v) is 12.8. The number of thiophene rings is 1. The number of rotatable bonds is 3. The number of halogens is 3. The van der Waals surface area contributed by atoms with E-state index >= 15 is 0 Å². The predicted molar refractivity (Wildman–Crippen MR) is 77.9 cm³/mol. The first-order chi connectivity index (χ1) is 9.02. The number of anilines is 1. The van der Waals surface area contributed by atoms with Crippen LogP contribution in [0, 0.1) is 5.82 Å². The molecule has 1 amide bonds. The van der Waals surface area contributed by atoms with E-state index < -0.39 is 5.82 Å². The lowest BCUT2D eigenvalue weighted by molar-refractivity contribution is 0.102. The molecule has 0 radical (unpaired) electrons.